The number of thioether (sulfide) groups is 1. The number of amides is 1. The van der Waals surface area contributed by atoms with Gasteiger partial charge in [-0.1, -0.05) is 59.3 Å². The van der Waals surface area contributed by atoms with Crippen molar-refractivity contribution in [3.63, 3.8) is 0 Å². The van der Waals surface area contributed by atoms with Gasteiger partial charge in [0.2, 0.25) is 5.91 Å². The number of benzene rings is 3. The summed E-state index contributed by atoms with van der Waals surface area (Å²) in [6.07, 6.45) is 0. The summed E-state index contributed by atoms with van der Waals surface area (Å²) in [4.78, 5) is 12.4. The van der Waals surface area contributed by atoms with Crippen molar-refractivity contribution >= 4 is 23.4 Å². The fourth-order valence-electron chi connectivity index (χ4n) is 3.04. The van der Waals surface area contributed by atoms with Crippen molar-refractivity contribution in [3.8, 4) is 17.1 Å². The molecule has 0 fully saturated rings. The molecule has 156 valence electrons. The second-order valence-electron chi connectivity index (χ2n) is 7.19. The van der Waals surface area contributed by atoms with Gasteiger partial charge in [0, 0.05) is 16.9 Å². The molecule has 0 atom stereocenters. The highest BCUT2D eigenvalue weighted by Gasteiger charge is 2.17. The van der Waals surface area contributed by atoms with E-state index in [1.54, 1.807) is 0 Å². The number of anilines is 1. The molecular weight excluding hydrogens is 411 g/mol. The van der Waals surface area contributed by atoms with E-state index in [4.69, 9.17) is 0 Å². The number of aromatic nitrogens is 3. The molecule has 0 bridgehead atoms. The van der Waals surface area contributed by atoms with Gasteiger partial charge in [-0.05, 0) is 50.2 Å². The average Bonchev–Trinajstić information content (AvgIpc) is 3.19. The maximum Gasteiger partial charge on any atom is 0.234 e. The van der Waals surface area contributed by atoms with Gasteiger partial charge < -0.3 is 5.32 Å². The van der Waals surface area contributed by atoms with Crippen LogP contribution in [0, 0.1) is 19.7 Å². The lowest BCUT2D eigenvalue weighted by atomic mass is 10.1. The number of nitrogens with one attached hydrogen (secondary N) is 1. The van der Waals surface area contributed by atoms with Crippen LogP contribution in [0.15, 0.2) is 78.0 Å². The molecule has 5 nitrogen and oxygen atoms in total. The Balaban J connectivity index is 1.59. The summed E-state index contributed by atoms with van der Waals surface area (Å²) in [6.45, 7) is 4.07. The van der Waals surface area contributed by atoms with Crippen LogP contribution in [0.1, 0.15) is 11.1 Å². The molecule has 0 radical (unpaired) electrons. The lowest BCUT2D eigenvalue weighted by Crippen LogP contribution is -2.14. The summed E-state index contributed by atoms with van der Waals surface area (Å²) >= 11 is 1.30. The van der Waals surface area contributed by atoms with Crippen LogP contribution in [-0.2, 0) is 4.79 Å². The van der Waals surface area contributed by atoms with Gasteiger partial charge in [0.25, 0.3) is 0 Å². The summed E-state index contributed by atoms with van der Waals surface area (Å²) in [7, 11) is 0. The Morgan fingerprint density at radius 3 is 2.16 bits per heavy atom. The Morgan fingerprint density at radius 1 is 0.903 bits per heavy atom. The third kappa shape index (κ3) is 5.00. The fourth-order valence-corrected chi connectivity index (χ4v) is 3.79. The second-order valence-corrected chi connectivity index (χ2v) is 8.13. The molecule has 3 aromatic carbocycles. The predicted octanol–water partition coefficient (Wildman–Crippen LogP) is 5.42. The fraction of sp³-hybridized carbons (Fsp3) is 0.125. The molecule has 1 heterocycles. The number of hydrogen-bond acceptors (Lipinski definition) is 4. The molecule has 0 saturated heterocycles. The first-order valence-electron chi connectivity index (χ1n) is 9.77. The minimum Gasteiger partial charge on any atom is -0.325 e. The van der Waals surface area contributed by atoms with Crippen molar-refractivity contribution < 1.29 is 9.18 Å². The highest BCUT2D eigenvalue weighted by molar-refractivity contribution is 7.99. The molecule has 0 saturated carbocycles. The molecule has 4 rings (SSSR count). The standard InChI is InChI=1S/C24H21FN4OS/c1-16-3-7-18(8-4-16)23-27-28-24(29(23)21-13-5-17(2)6-14-21)31-15-22(30)26-20-11-9-19(25)10-12-20/h3-14H,15H2,1-2H3,(H,26,30). The zero-order valence-corrected chi connectivity index (χ0v) is 18.0. The number of halogens is 1. The van der Waals surface area contributed by atoms with Gasteiger partial charge in [-0.2, -0.15) is 0 Å². The summed E-state index contributed by atoms with van der Waals surface area (Å²) in [5.41, 5.74) is 4.74. The minimum absolute atomic E-state index is 0.148. The number of nitrogens with zero attached hydrogens (tertiary/aromatic N) is 3. The van der Waals surface area contributed by atoms with Gasteiger partial charge in [0.15, 0.2) is 11.0 Å². The van der Waals surface area contributed by atoms with Crippen molar-refractivity contribution in [1.82, 2.24) is 14.8 Å². The van der Waals surface area contributed by atoms with E-state index in [0.29, 0.717) is 16.7 Å². The molecule has 1 aromatic heterocycles. The SMILES string of the molecule is Cc1ccc(-c2nnc(SCC(=O)Nc3ccc(F)cc3)n2-c2ccc(C)cc2)cc1. The van der Waals surface area contributed by atoms with Crippen molar-refractivity contribution in [1.29, 1.82) is 0 Å². The number of aryl methyl sites for hydroxylation is 2. The first-order valence-corrected chi connectivity index (χ1v) is 10.8. The summed E-state index contributed by atoms with van der Waals surface area (Å²) in [5, 5.41) is 12.1. The molecule has 1 amide bonds. The maximum atomic E-state index is 13.1. The molecule has 1 N–H and O–H groups in total. The van der Waals surface area contributed by atoms with Gasteiger partial charge in [-0.15, -0.1) is 10.2 Å². The maximum absolute atomic E-state index is 13.1. The highest BCUT2D eigenvalue weighted by Crippen LogP contribution is 2.28. The largest absolute Gasteiger partial charge is 0.325 e. The van der Waals surface area contributed by atoms with Crippen LogP contribution >= 0.6 is 11.8 Å². The van der Waals surface area contributed by atoms with Crippen molar-refractivity contribution in [2.75, 3.05) is 11.1 Å². The van der Waals surface area contributed by atoms with Crippen LogP contribution in [0.4, 0.5) is 10.1 Å². The Hall–Kier alpha value is -3.45. The smallest absolute Gasteiger partial charge is 0.234 e. The van der Waals surface area contributed by atoms with Crippen molar-refractivity contribution in [3.05, 3.63) is 89.7 Å². The quantitative estimate of drug-likeness (QED) is 0.413. The van der Waals surface area contributed by atoms with E-state index < -0.39 is 0 Å². The van der Waals surface area contributed by atoms with Crippen LogP contribution in [0.2, 0.25) is 0 Å². The normalized spacial score (nSPS) is 10.8. The zero-order chi connectivity index (χ0) is 21.8. The van der Waals surface area contributed by atoms with Crippen LogP contribution in [0.25, 0.3) is 17.1 Å². The van der Waals surface area contributed by atoms with Gasteiger partial charge in [0.05, 0.1) is 5.75 Å². The Labute approximate surface area is 184 Å². The summed E-state index contributed by atoms with van der Waals surface area (Å²) in [5.74, 6) is 0.314. The predicted molar refractivity (Wildman–Crippen MR) is 122 cm³/mol. The van der Waals surface area contributed by atoms with Crippen molar-refractivity contribution in [2.45, 2.75) is 19.0 Å². The van der Waals surface area contributed by atoms with E-state index in [-0.39, 0.29) is 17.5 Å². The van der Waals surface area contributed by atoms with E-state index in [1.807, 2.05) is 66.9 Å². The van der Waals surface area contributed by atoms with E-state index in [2.05, 4.69) is 15.5 Å². The highest BCUT2D eigenvalue weighted by atomic mass is 32.2. The van der Waals surface area contributed by atoms with E-state index in [0.717, 1.165) is 22.4 Å². The molecule has 0 aliphatic carbocycles. The number of hydrogen-bond donors (Lipinski definition) is 1. The third-order valence-corrected chi connectivity index (χ3v) is 5.62. The molecule has 0 unspecified atom stereocenters. The average molecular weight is 433 g/mol. The monoisotopic (exact) mass is 432 g/mol. The first-order chi connectivity index (χ1) is 15.0. The first kappa shape index (κ1) is 20.8. The van der Waals surface area contributed by atoms with Gasteiger partial charge in [0.1, 0.15) is 5.82 Å². The molecule has 0 aliphatic heterocycles. The topological polar surface area (TPSA) is 59.8 Å². The third-order valence-electron chi connectivity index (χ3n) is 4.70. The van der Waals surface area contributed by atoms with Crippen LogP contribution in [0.3, 0.4) is 0 Å². The van der Waals surface area contributed by atoms with E-state index in [9.17, 15) is 9.18 Å². The number of carbonyl (C=O) groups excluding carboxylic acids is 1. The van der Waals surface area contributed by atoms with Gasteiger partial charge in [-0.3, -0.25) is 9.36 Å². The Kier molecular flexibility index (Phi) is 6.13. The van der Waals surface area contributed by atoms with Gasteiger partial charge in [-0.25, -0.2) is 4.39 Å². The van der Waals surface area contributed by atoms with Crippen LogP contribution in [-0.4, -0.2) is 26.4 Å². The summed E-state index contributed by atoms with van der Waals surface area (Å²) in [6, 6.07) is 21.9. The molecular formula is C24H21FN4OS. The molecule has 7 heteroatoms. The molecule has 4 aromatic rings. The van der Waals surface area contributed by atoms with Crippen molar-refractivity contribution in [2.24, 2.45) is 0 Å². The van der Waals surface area contributed by atoms with E-state index in [1.165, 1.54) is 36.0 Å². The lowest BCUT2D eigenvalue weighted by molar-refractivity contribution is -0.113. The minimum atomic E-state index is -0.345. The molecule has 0 spiro atoms. The van der Waals surface area contributed by atoms with Crippen LogP contribution < -0.4 is 5.32 Å². The Morgan fingerprint density at radius 2 is 1.52 bits per heavy atom. The Bertz CT molecular complexity index is 1190. The van der Waals surface area contributed by atoms with Crippen LogP contribution in [0.5, 0.6) is 0 Å². The van der Waals surface area contributed by atoms with Gasteiger partial charge >= 0.3 is 0 Å². The number of carbonyl (C=O) groups is 1. The molecule has 0 aliphatic rings. The zero-order valence-electron chi connectivity index (χ0n) is 17.2. The molecule has 31 heavy (non-hydrogen) atoms. The number of rotatable bonds is 6. The lowest BCUT2D eigenvalue weighted by Gasteiger charge is -2.11. The van der Waals surface area contributed by atoms with E-state index >= 15 is 0 Å². The summed E-state index contributed by atoms with van der Waals surface area (Å²) < 4.78 is 15.0. The second kappa shape index (κ2) is 9.14.